The van der Waals surface area contributed by atoms with Crippen molar-refractivity contribution in [1.82, 2.24) is 4.90 Å². The Labute approximate surface area is 137 Å². The SMILES string of the molecule is CC(C)(C)OC(=O)N1CC2(Cc3ccc(F)cc3)CCC1CC2. The van der Waals surface area contributed by atoms with Gasteiger partial charge in [-0.15, -0.1) is 0 Å². The molecule has 3 aliphatic rings. The van der Waals surface area contributed by atoms with Crippen LogP contribution in [-0.4, -0.2) is 29.2 Å². The number of piperidine rings is 2. The van der Waals surface area contributed by atoms with Gasteiger partial charge in [-0.25, -0.2) is 9.18 Å². The molecule has 3 nitrogen and oxygen atoms in total. The van der Waals surface area contributed by atoms with Gasteiger partial charge < -0.3 is 9.64 Å². The third-order valence-corrected chi connectivity index (χ3v) is 5.08. The average molecular weight is 319 g/mol. The van der Waals surface area contributed by atoms with Gasteiger partial charge >= 0.3 is 6.09 Å². The summed E-state index contributed by atoms with van der Waals surface area (Å²) in [6, 6.07) is 7.09. The highest BCUT2D eigenvalue weighted by Crippen LogP contribution is 2.47. The van der Waals surface area contributed by atoms with E-state index in [1.54, 1.807) is 0 Å². The van der Waals surface area contributed by atoms with Gasteiger partial charge in [0.25, 0.3) is 0 Å². The van der Waals surface area contributed by atoms with Gasteiger partial charge in [-0.1, -0.05) is 12.1 Å². The van der Waals surface area contributed by atoms with Gasteiger partial charge in [0.1, 0.15) is 11.4 Å². The lowest BCUT2D eigenvalue weighted by molar-refractivity contribution is -0.0427. The van der Waals surface area contributed by atoms with Crippen LogP contribution < -0.4 is 0 Å². The van der Waals surface area contributed by atoms with Crippen LogP contribution in [0.2, 0.25) is 0 Å². The quantitative estimate of drug-likeness (QED) is 0.800. The number of hydrogen-bond donors (Lipinski definition) is 0. The van der Waals surface area contributed by atoms with E-state index in [0.29, 0.717) is 6.04 Å². The summed E-state index contributed by atoms with van der Waals surface area (Å²) in [4.78, 5) is 14.4. The number of nitrogens with zero attached hydrogens (tertiary/aromatic N) is 1. The minimum Gasteiger partial charge on any atom is -0.444 e. The smallest absolute Gasteiger partial charge is 0.410 e. The summed E-state index contributed by atoms with van der Waals surface area (Å²) in [6.45, 7) is 6.47. The molecule has 0 unspecified atom stereocenters. The number of hydrogen-bond acceptors (Lipinski definition) is 2. The summed E-state index contributed by atoms with van der Waals surface area (Å²) < 4.78 is 18.7. The lowest BCUT2D eigenvalue weighted by Crippen LogP contribution is -2.57. The number of amides is 1. The van der Waals surface area contributed by atoms with E-state index >= 15 is 0 Å². The van der Waals surface area contributed by atoms with Gasteiger partial charge in [-0.3, -0.25) is 0 Å². The molecule has 0 spiro atoms. The van der Waals surface area contributed by atoms with Crippen LogP contribution in [0.3, 0.4) is 0 Å². The maximum Gasteiger partial charge on any atom is 0.410 e. The second kappa shape index (κ2) is 5.81. The summed E-state index contributed by atoms with van der Waals surface area (Å²) in [5, 5.41) is 0. The van der Waals surface area contributed by atoms with Gasteiger partial charge in [0.05, 0.1) is 0 Å². The van der Waals surface area contributed by atoms with Gasteiger partial charge in [0.2, 0.25) is 0 Å². The molecule has 0 radical (unpaired) electrons. The Balaban J connectivity index is 1.73. The lowest BCUT2D eigenvalue weighted by Gasteiger charge is -2.52. The summed E-state index contributed by atoms with van der Waals surface area (Å²) in [7, 11) is 0. The van der Waals surface area contributed by atoms with Gasteiger partial charge in [-0.05, 0) is 76.0 Å². The number of carbonyl (C=O) groups excluding carboxylic acids is 1. The van der Waals surface area contributed by atoms with Gasteiger partial charge in [-0.2, -0.15) is 0 Å². The fourth-order valence-electron chi connectivity index (χ4n) is 3.98. The zero-order valence-electron chi connectivity index (χ0n) is 14.3. The standard InChI is InChI=1S/C19H26FNO2/c1-18(2,3)23-17(22)21-13-19(10-8-16(21)9-11-19)12-14-4-6-15(20)7-5-14/h4-7,16H,8-13H2,1-3H3. The van der Waals surface area contributed by atoms with E-state index in [1.807, 2.05) is 37.8 Å². The van der Waals surface area contributed by atoms with Crippen molar-refractivity contribution in [3.8, 4) is 0 Å². The van der Waals surface area contributed by atoms with Crippen molar-refractivity contribution >= 4 is 6.09 Å². The van der Waals surface area contributed by atoms with Gasteiger partial charge in [0, 0.05) is 12.6 Å². The number of carbonyl (C=O) groups is 1. The van der Waals surface area contributed by atoms with Crippen molar-refractivity contribution in [1.29, 1.82) is 0 Å². The van der Waals surface area contributed by atoms with Crippen molar-refractivity contribution in [2.24, 2.45) is 5.41 Å². The molecule has 1 aromatic rings. The molecule has 1 amide bonds. The third kappa shape index (κ3) is 3.67. The highest BCUT2D eigenvalue weighted by atomic mass is 19.1. The first-order chi connectivity index (χ1) is 10.8. The van der Waals surface area contributed by atoms with E-state index in [-0.39, 0.29) is 17.3 Å². The monoisotopic (exact) mass is 319 g/mol. The fourth-order valence-corrected chi connectivity index (χ4v) is 3.98. The van der Waals surface area contributed by atoms with E-state index in [1.165, 1.54) is 12.1 Å². The van der Waals surface area contributed by atoms with E-state index in [0.717, 1.165) is 44.2 Å². The molecule has 1 aliphatic carbocycles. The van der Waals surface area contributed by atoms with Crippen LogP contribution in [0.1, 0.15) is 52.0 Å². The zero-order valence-corrected chi connectivity index (χ0v) is 14.3. The van der Waals surface area contributed by atoms with E-state index in [9.17, 15) is 9.18 Å². The molecular formula is C19H26FNO2. The van der Waals surface area contributed by atoms with Gasteiger partial charge in [0.15, 0.2) is 0 Å². The summed E-state index contributed by atoms with van der Waals surface area (Å²) >= 11 is 0. The average Bonchev–Trinajstić information content (AvgIpc) is 2.49. The number of halogens is 1. The molecule has 0 atom stereocenters. The molecule has 4 rings (SSSR count). The third-order valence-electron chi connectivity index (χ3n) is 5.08. The molecule has 1 aromatic carbocycles. The molecule has 1 saturated carbocycles. The molecule has 2 saturated heterocycles. The van der Waals surface area contributed by atoms with Crippen molar-refractivity contribution in [2.45, 2.75) is 64.5 Å². The molecule has 2 bridgehead atoms. The Morgan fingerprint density at radius 2 is 1.87 bits per heavy atom. The minimum atomic E-state index is -0.460. The highest BCUT2D eigenvalue weighted by Gasteiger charge is 2.47. The minimum absolute atomic E-state index is 0.115. The number of rotatable bonds is 2. The first-order valence-corrected chi connectivity index (χ1v) is 8.51. The Kier molecular flexibility index (Phi) is 4.11. The fraction of sp³-hybridized carbons (Fsp3) is 0.632. The molecule has 0 aromatic heterocycles. The molecule has 3 fully saturated rings. The second-order valence-electron chi connectivity index (χ2n) is 8.14. The Hall–Kier alpha value is -1.58. The maximum absolute atomic E-state index is 13.1. The lowest BCUT2D eigenvalue weighted by atomic mass is 9.65. The van der Waals surface area contributed by atoms with E-state index in [2.05, 4.69) is 0 Å². The molecule has 2 heterocycles. The van der Waals surface area contributed by atoms with E-state index < -0.39 is 5.60 Å². The molecule has 2 aliphatic heterocycles. The normalized spacial score (nSPS) is 27.1. The number of benzene rings is 1. The Morgan fingerprint density at radius 3 is 2.43 bits per heavy atom. The highest BCUT2D eigenvalue weighted by molar-refractivity contribution is 5.69. The molecule has 126 valence electrons. The Bertz CT molecular complexity index is 568. The van der Waals surface area contributed by atoms with Crippen molar-refractivity contribution in [3.05, 3.63) is 35.6 Å². The summed E-state index contributed by atoms with van der Waals surface area (Å²) in [5.41, 5.74) is 0.803. The van der Waals surface area contributed by atoms with Crippen LogP contribution in [0, 0.1) is 11.2 Å². The second-order valence-corrected chi connectivity index (χ2v) is 8.14. The van der Waals surface area contributed by atoms with Crippen LogP contribution in [-0.2, 0) is 11.2 Å². The molecule has 0 N–H and O–H groups in total. The van der Waals surface area contributed by atoms with Crippen LogP contribution >= 0.6 is 0 Å². The molecule has 23 heavy (non-hydrogen) atoms. The predicted molar refractivity (Wildman–Crippen MR) is 87.7 cm³/mol. The topological polar surface area (TPSA) is 29.5 Å². The zero-order chi connectivity index (χ0) is 16.7. The van der Waals surface area contributed by atoms with E-state index in [4.69, 9.17) is 4.74 Å². The van der Waals surface area contributed by atoms with Crippen molar-refractivity contribution in [2.75, 3.05) is 6.54 Å². The van der Waals surface area contributed by atoms with Crippen LogP contribution in [0.4, 0.5) is 9.18 Å². The van der Waals surface area contributed by atoms with Crippen molar-refractivity contribution < 1.29 is 13.9 Å². The van der Waals surface area contributed by atoms with Crippen LogP contribution in [0.25, 0.3) is 0 Å². The first kappa shape index (κ1) is 16.3. The largest absolute Gasteiger partial charge is 0.444 e. The summed E-state index contributed by atoms with van der Waals surface area (Å²) in [6.07, 6.45) is 5.06. The number of ether oxygens (including phenoxy) is 1. The maximum atomic E-state index is 13.1. The van der Waals surface area contributed by atoms with Crippen LogP contribution in [0.5, 0.6) is 0 Å². The van der Waals surface area contributed by atoms with Crippen molar-refractivity contribution in [3.63, 3.8) is 0 Å². The Morgan fingerprint density at radius 1 is 1.26 bits per heavy atom. The first-order valence-electron chi connectivity index (χ1n) is 8.51. The molecular weight excluding hydrogens is 293 g/mol. The molecule has 4 heteroatoms. The van der Waals surface area contributed by atoms with Crippen LogP contribution in [0.15, 0.2) is 24.3 Å². The predicted octanol–water partition coefficient (Wildman–Crippen LogP) is 4.55. The summed E-state index contributed by atoms with van der Waals surface area (Å²) in [5.74, 6) is -0.200. The number of fused-ring (bicyclic) bond motifs is 3.